The molecule has 206 valence electrons. The maximum absolute atomic E-state index is 5.19. The van der Waals surface area contributed by atoms with Crippen molar-refractivity contribution in [1.29, 1.82) is 0 Å². The van der Waals surface area contributed by atoms with Crippen LogP contribution in [0.25, 0.3) is 78.2 Å². The first-order valence-electron chi connectivity index (χ1n) is 14.7. The minimum atomic E-state index is 0.620. The summed E-state index contributed by atoms with van der Waals surface area (Å²) in [6, 6.07) is 54.0. The summed E-state index contributed by atoms with van der Waals surface area (Å²) in [6.45, 7) is 0. The number of aromatic nitrogens is 4. The van der Waals surface area contributed by atoms with Crippen LogP contribution in [-0.4, -0.2) is 19.9 Å². The van der Waals surface area contributed by atoms with E-state index in [0.717, 1.165) is 50.0 Å². The van der Waals surface area contributed by atoms with Crippen molar-refractivity contribution in [2.75, 3.05) is 0 Å². The SMILES string of the molecule is c1ccc(-c2nc(-c3ccccc3)nc(-c3cccc(-c4cc(-c5ccccc5)c5c(ccc6ccccc65)n4)c3)n2)cc1. The van der Waals surface area contributed by atoms with Crippen molar-refractivity contribution in [2.45, 2.75) is 0 Å². The molecule has 8 rings (SSSR count). The number of rotatable bonds is 5. The molecule has 4 heteroatoms. The van der Waals surface area contributed by atoms with E-state index in [-0.39, 0.29) is 0 Å². The third-order valence-corrected chi connectivity index (χ3v) is 7.90. The zero-order valence-corrected chi connectivity index (χ0v) is 23.8. The molecule has 6 aromatic carbocycles. The smallest absolute Gasteiger partial charge is 0.164 e. The van der Waals surface area contributed by atoms with E-state index in [9.17, 15) is 0 Å². The number of pyridine rings is 1. The quantitative estimate of drug-likeness (QED) is 0.196. The predicted molar refractivity (Wildman–Crippen MR) is 180 cm³/mol. The van der Waals surface area contributed by atoms with Gasteiger partial charge in [0.1, 0.15) is 0 Å². The van der Waals surface area contributed by atoms with Crippen LogP contribution in [0.15, 0.2) is 158 Å². The second-order valence-electron chi connectivity index (χ2n) is 10.7. The molecule has 8 aromatic rings. The molecule has 2 heterocycles. The summed E-state index contributed by atoms with van der Waals surface area (Å²) in [5.74, 6) is 1.90. The van der Waals surface area contributed by atoms with E-state index >= 15 is 0 Å². The third kappa shape index (κ3) is 4.79. The second kappa shape index (κ2) is 11.0. The average molecular weight is 563 g/mol. The highest BCUT2D eigenvalue weighted by Gasteiger charge is 2.15. The fourth-order valence-electron chi connectivity index (χ4n) is 5.76. The molecule has 4 nitrogen and oxygen atoms in total. The Balaban J connectivity index is 1.31. The van der Waals surface area contributed by atoms with Crippen molar-refractivity contribution in [1.82, 2.24) is 19.9 Å². The number of hydrogen-bond donors (Lipinski definition) is 0. The van der Waals surface area contributed by atoms with Crippen LogP contribution in [0.1, 0.15) is 0 Å². The monoisotopic (exact) mass is 562 g/mol. The highest BCUT2D eigenvalue weighted by atomic mass is 15.0. The molecular formula is C40H26N4. The summed E-state index contributed by atoms with van der Waals surface area (Å²) in [4.78, 5) is 19.9. The lowest BCUT2D eigenvalue weighted by atomic mass is 9.94. The van der Waals surface area contributed by atoms with Gasteiger partial charge in [-0.05, 0) is 40.1 Å². The molecule has 0 bridgehead atoms. The second-order valence-corrected chi connectivity index (χ2v) is 10.7. The molecule has 0 spiro atoms. The fourth-order valence-corrected chi connectivity index (χ4v) is 5.76. The van der Waals surface area contributed by atoms with Gasteiger partial charge in [-0.2, -0.15) is 0 Å². The maximum atomic E-state index is 5.19. The Bertz CT molecular complexity index is 2210. The molecule has 0 unspecified atom stereocenters. The van der Waals surface area contributed by atoms with Crippen LogP contribution < -0.4 is 0 Å². The summed E-state index contributed by atoms with van der Waals surface area (Å²) >= 11 is 0. The molecule has 0 aliphatic heterocycles. The van der Waals surface area contributed by atoms with E-state index in [1.54, 1.807) is 0 Å². The van der Waals surface area contributed by atoms with Crippen molar-refractivity contribution < 1.29 is 0 Å². The Hall–Kier alpha value is -6.00. The first-order chi connectivity index (χ1) is 21.8. The minimum Gasteiger partial charge on any atom is -0.248 e. The van der Waals surface area contributed by atoms with Crippen molar-refractivity contribution in [3.05, 3.63) is 158 Å². The minimum absolute atomic E-state index is 0.620. The van der Waals surface area contributed by atoms with Crippen LogP contribution in [0.3, 0.4) is 0 Å². The lowest BCUT2D eigenvalue weighted by molar-refractivity contribution is 1.07. The molecule has 0 atom stereocenters. The predicted octanol–water partition coefficient (Wildman–Crippen LogP) is 9.91. The van der Waals surface area contributed by atoms with Crippen molar-refractivity contribution in [2.24, 2.45) is 0 Å². The summed E-state index contributed by atoms with van der Waals surface area (Å²) in [6.07, 6.45) is 0. The van der Waals surface area contributed by atoms with Gasteiger partial charge < -0.3 is 0 Å². The van der Waals surface area contributed by atoms with E-state index in [2.05, 4.69) is 91.0 Å². The van der Waals surface area contributed by atoms with E-state index in [1.165, 1.54) is 10.8 Å². The van der Waals surface area contributed by atoms with Gasteiger partial charge in [0.05, 0.1) is 11.2 Å². The molecule has 0 aliphatic rings. The summed E-state index contributed by atoms with van der Waals surface area (Å²) in [5.41, 5.74) is 7.97. The number of benzene rings is 6. The molecular weight excluding hydrogens is 536 g/mol. The number of nitrogens with zero attached hydrogens (tertiary/aromatic N) is 4. The van der Waals surface area contributed by atoms with Crippen LogP contribution >= 0.6 is 0 Å². The van der Waals surface area contributed by atoms with Gasteiger partial charge in [-0.1, -0.05) is 140 Å². The molecule has 2 aromatic heterocycles. The first kappa shape index (κ1) is 25.7. The third-order valence-electron chi connectivity index (χ3n) is 7.90. The van der Waals surface area contributed by atoms with E-state index in [4.69, 9.17) is 19.9 Å². The fraction of sp³-hybridized carbons (Fsp3) is 0. The van der Waals surface area contributed by atoms with Gasteiger partial charge in [0.25, 0.3) is 0 Å². The van der Waals surface area contributed by atoms with Gasteiger partial charge in [-0.3, -0.25) is 0 Å². The van der Waals surface area contributed by atoms with Crippen LogP contribution in [0, 0.1) is 0 Å². The molecule has 0 fully saturated rings. The largest absolute Gasteiger partial charge is 0.248 e. The standard InChI is InChI=1S/C40H26N4/c1-4-13-27(14-5-1)34-26-36(41-35-24-23-28-15-10-11-22-33(28)37(34)35)31-20-12-21-32(25-31)40-43-38(29-16-6-2-7-17-29)42-39(44-40)30-18-8-3-9-19-30/h1-26H. The molecule has 44 heavy (non-hydrogen) atoms. The molecule has 0 N–H and O–H groups in total. The zero-order valence-electron chi connectivity index (χ0n) is 23.8. The first-order valence-corrected chi connectivity index (χ1v) is 14.7. The van der Waals surface area contributed by atoms with Crippen LogP contribution in [0.5, 0.6) is 0 Å². The van der Waals surface area contributed by atoms with Crippen molar-refractivity contribution in [3.63, 3.8) is 0 Å². The summed E-state index contributed by atoms with van der Waals surface area (Å²) in [5, 5.41) is 3.56. The number of hydrogen-bond acceptors (Lipinski definition) is 4. The van der Waals surface area contributed by atoms with Gasteiger partial charge in [0.15, 0.2) is 17.5 Å². The molecule has 0 saturated heterocycles. The van der Waals surface area contributed by atoms with Gasteiger partial charge in [0.2, 0.25) is 0 Å². The number of fused-ring (bicyclic) bond motifs is 3. The van der Waals surface area contributed by atoms with Gasteiger partial charge in [-0.25, -0.2) is 19.9 Å². The topological polar surface area (TPSA) is 51.6 Å². The normalized spacial score (nSPS) is 11.2. The molecule has 0 amide bonds. The Morgan fingerprint density at radius 3 is 1.52 bits per heavy atom. The Kier molecular flexibility index (Phi) is 6.43. The van der Waals surface area contributed by atoms with Gasteiger partial charge in [-0.15, -0.1) is 0 Å². The Morgan fingerprint density at radius 2 is 0.864 bits per heavy atom. The molecule has 0 radical (unpaired) electrons. The van der Waals surface area contributed by atoms with Gasteiger partial charge in [0, 0.05) is 27.6 Å². The van der Waals surface area contributed by atoms with Gasteiger partial charge >= 0.3 is 0 Å². The lowest BCUT2D eigenvalue weighted by Gasteiger charge is -2.14. The van der Waals surface area contributed by atoms with E-state index in [0.29, 0.717) is 17.5 Å². The van der Waals surface area contributed by atoms with Crippen LogP contribution in [0.4, 0.5) is 0 Å². The highest BCUT2D eigenvalue weighted by Crippen LogP contribution is 2.37. The molecule has 0 aliphatic carbocycles. The Morgan fingerprint density at radius 1 is 0.341 bits per heavy atom. The van der Waals surface area contributed by atoms with E-state index < -0.39 is 0 Å². The van der Waals surface area contributed by atoms with Crippen LogP contribution in [-0.2, 0) is 0 Å². The zero-order chi connectivity index (χ0) is 29.3. The highest BCUT2D eigenvalue weighted by molar-refractivity contribution is 6.13. The van der Waals surface area contributed by atoms with Crippen LogP contribution in [0.2, 0.25) is 0 Å². The average Bonchev–Trinajstić information content (AvgIpc) is 3.12. The Labute approximate surface area is 255 Å². The lowest BCUT2D eigenvalue weighted by Crippen LogP contribution is -2.00. The maximum Gasteiger partial charge on any atom is 0.164 e. The van der Waals surface area contributed by atoms with E-state index in [1.807, 2.05) is 66.7 Å². The summed E-state index contributed by atoms with van der Waals surface area (Å²) in [7, 11) is 0. The molecule has 0 saturated carbocycles. The van der Waals surface area contributed by atoms with Crippen molar-refractivity contribution in [3.8, 4) is 56.5 Å². The van der Waals surface area contributed by atoms with Crippen molar-refractivity contribution >= 4 is 21.7 Å². The summed E-state index contributed by atoms with van der Waals surface area (Å²) < 4.78 is 0.